The number of nitrogens with one attached hydrogen (secondary N) is 1. The first-order valence-electron chi connectivity index (χ1n) is 9.91. The number of esters is 1. The lowest BCUT2D eigenvalue weighted by atomic mass is 9.87. The van der Waals surface area contributed by atoms with Crippen LogP contribution in [0, 0.1) is 0 Å². The Bertz CT molecular complexity index is 986. The van der Waals surface area contributed by atoms with Crippen molar-refractivity contribution in [2.45, 2.75) is 45.8 Å². The van der Waals surface area contributed by atoms with Crippen molar-refractivity contribution in [1.82, 2.24) is 9.78 Å². The molecule has 0 saturated heterocycles. The third kappa shape index (κ3) is 5.56. The topological polar surface area (TPSA) is 73.2 Å². The maximum absolute atomic E-state index is 12.4. The van der Waals surface area contributed by atoms with Gasteiger partial charge in [-0.05, 0) is 53.8 Å². The van der Waals surface area contributed by atoms with Gasteiger partial charge in [0.1, 0.15) is 0 Å². The number of carbonyl (C=O) groups is 2. The second kappa shape index (κ2) is 8.95. The highest BCUT2D eigenvalue weighted by atomic mass is 16.5. The van der Waals surface area contributed by atoms with E-state index in [2.05, 4.69) is 31.2 Å². The smallest absolute Gasteiger partial charge is 0.338 e. The largest absolute Gasteiger partial charge is 0.449 e. The molecule has 0 aliphatic rings. The van der Waals surface area contributed by atoms with Crippen LogP contribution < -0.4 is 5.32 Å². The van der Waals surface area contributed by atoms with E-state index in [-0.39, 0.29) is 11.3 Å². The van der Waals surface area contributed by atoms with Crippen molar-refractivity contribution >= 4 is 17.6 Å². The third-order valence-corrected chi connectivity index (χ3v) is 4.76. The van der Waals surface area contributed by atoms with Gasteiger partial charge in [-0.1, -0.05) is 45.0 Å². The monoisotopic (exact) mass is 405 g/mol. The van der Waals surface area contributed by atoms with Crippen molar-refractivity contribution in [2.24, 2.45) is 0 Å². The van der Waals surface area contributed by atoms with E-state index in [4.69, 9.17) is 4.74 Å². The molecule has 3 rings (SSSR count). The van der Waals surface area contributed by atoms with Crippen LogP contribution in [0.1, 0.15) is 49.2 Å². The van der Waals surface area contributed by atoms with Gasteiger partial charge in [0.2, 0.25) is 0 Å². The predicted octanol–water partition coefficient (Wildman–Crippen LogP) is 4.41. The summed E-state index contributed by atoms with van der Waals surface area (Å²) in [6.07, 6.45) is 2.68. The summed E-state index contributed by atoms with van der Waals surface area (Å²) in [5.74, 6) is -0.909. The lowest BCUT2D eigenvalue weighted by Gasteiger charge is -2.19. The number of carbonyl (C=O) groups excluding carboxylic acids is 2. The molecule has 1 heterocycles. The molecule has 6 nitrogen and oxygen atoms in total. The standard InChI is InChI=1S/C24H27N3O3/c1-17(22(28)26-21-12-10-20(11-13-21)24(2,3)4)30-23(29)19-8-6-18(7-9-19)16-27-15-5-14-25-27/h5-15,17H,16H2,1-4H3,(H,26,28). The zero-order valence-corrected chi connectivity index (χ0v) is 17.8. The van der Waals surface area contributed by atoms with Crippen LogP contribution in [-0.4, -0.2) is 27.8 Å². The Kier molecular flexibility index (Phi) is 6.35. The van der Waals surface area contributed by atoms with Crippen molar-refractivity contribution in [1.29, 1.82) is 0 Å². The molecule has 0 saturated carbocycles. The average Bonchev–Trinajstić information content (AvgIpc) is 3.21. The number of ether oxygens (including phenoxy) is 1. The van der Waals surface area contributed by atoms with E-state index < -0.39 is 12.1 Å². The molecule has 156 valence electrons. The fourth-order valence-corrected chi connectivity index (χ4v) is 2.91. The van der Waals surface area contributed by atoms with Crippen LogP contribution in [0.25, 0.3) is 0 Å². The average molecular weight is 405 g/mol. The van der Waals surface area contributed by atoms with Gasteiger partial charge in [0.15, 0.2) is 6.10 Å². The molecule has 1 N–H and O–H groups in total. The molecule has 0 bridgehead atoms. The Balaban J connectivity index is 1.54. The molecule has 2 aromatic carbocycles. The van der Waals surface area contributed by atoms with Crippen molar-refractivity contribution in [2.75, 3.05) is 5.32 Å². The molecule has 6 heteroatoms. The van der Waals surface area contributed by atoms with Gasteiger partial charge < -0.3 is 10.1 Å². The van der Waals surface area contributed by atoms with Gasteiger partial charge in [-0.3, -0.25) is 9.48 Å². The number of anilines is 1. The van der Waals surface area contributed by atoms with Gasteiger partial charge in [0.25, 0.3) is 5.91 Å². The summed E-state index contributed by atoms with van der Waals surface area (Å²) < 4.78 is 7.12. The van der Waals surface area contributed by atoms with Crippen LogP contribution in [0.5, 0.6) is 0 Å². The number of hydrogen-bond acceptors (Lipinski definition) is 4. The zero-order valence-electron chi connectivity index (χ0n) is 17.8. The van der Waals surface area contributed by atoms with Crippen LogP contribution in [0.2, 0.25) is 0 Å². The molecule has 1 amide bonds. The second-order valence-corrected chi connectivity index (χ2v) is 8.26. The van der Waals surface area contributed by atoms with Crippen LogP contribution in [0.15, 0.2) is 67.0 Å². The van der Waals surface area contributed by atoms with Gasteiger partial charge in [0.05, 0.1) is 12.1 Å². The molecule has 0 spiro atoms. The quantitative estimate of drug-likeness (QED) is 0.617. The number of rotatable bonds is 6. The number of hydrogen-bond donors (Lipinski definition) is 1. The van der Waals surface area contributed by atoms with Crippen LogP contribution in [0.4, 0.5) is 5.69 Å². The van der Waals surface area contributed by atoms with Gasteiger partial charge in [-0.2, -0.15) is 5.10 Å². The molecule has 0 aliphatic heterocycles. The zero-order chi connectivity index (χ0) is 21.7. The van der Waals surface area contributed by atoms with E-state index >= 15 is 0 Å². The summed E-state index contributed by atoms with van der Waals surface area (Å²) in [4.78, 5) is 24.8. The number of benzene rings is 2. The summed E-state index contributed by atoms with van der Waals surface area (Å²) >= 11 is 0. The van der Waals surface area contributed by atoms with Crippen molar-refractivity contribution in [3.05, 3.63) is 83.7 Å². The fourth-order valence-electron chi connectivity index (χ4n) is 2.91. The van der Waals surface area contributed by atoms with E-state index in [0.29, 0.717) is 17.8 Å². The fraction of sp³-hybridized carbons (Fsp3) is 0.292. The molecule has 0 fully saturated rings. The van der Waals surface area contributed by atoms with Gasteiger partial charge >= 0.3 is 5.97 Å². The first-order chi connectivity index (χ1) is 14.2. The summed E-state index contributed by atoms with van der Waals surface area (Å²) in [5.41, 5.74) is 3.29. The van der Waals surface area contributed by atoms with E-state index in [1.807, 2.05) is 48.7 Å². The van der Waals surface area contributed by atoms with Crippen molar-refractivity contribution < 1.29 is 14.3 Å². The van der Waals surface area contributed by atoms with Crippen molar-refractivity contribution in [3.8, 4) is 0 Å². The van der Waals surface area contributed by atoms with Crippen LogP contribution >= 0.6 is 0 Å². The lowest BCUT2D eigenvalue weighted by molar-refractivity contribution is -0.123. The van der Waals surface area contributed by atoms with Crippen LogP contribution in [0.3, 0.4) is 0 Å². The van der Waals surface area contributed by atoms with Crippen molar-refractivity contribution in [3.63, 3.8) is 0 Å². The molecular formula is C24H27N3O3. The Hall–Kier alpha value is -3.41. The lowest BCUT2D eigenvalue weighted by Crippen LogP contribution is -2.30. The van der Waals surface area contributed by atoms with Gasteiger partial charge in [-0.25, -0.2) is 4.79 Å². The molecule has 30 heavy (non-hydrogen) atoms. The number of amides is 1. The normalized spacial score (nSPS) is 12.3. The molecular weight excluding hydrogens is 378 g/mol. The minimum atomic E-state index is -0.913. The van der Waals surface area contributed by atoms with Crippen LogP contribution in [-0.2, 0) is 21.5 Å². The molecule has 3 aromatic rings. The number of aromatic nitrogens is 2. The maximum Gasteiger partial charge on any atom is 0.338 e. The first kappa shape index (κ1) is 21.3. The number of nitrogens with zero attached hydrogens (tertiary/aromatic N) is 2. The highest BCUT2D eigenvalue weighted by molar-refractivity contribution is 5.97. The Morgan fingerprint density at radius 1 is 1.07 bits per heavy atom. The van der Waals surface area contributed by atoms with Gasteiger partial charge in [0, 0.05) is 18.1 Å². The molecule has 0 radical (unpaired) electrons. The molecule has 1 aromatic heterocycles. The molecule has 1 atom stereocenters. The Morgan fingerprint density at radius 3 is 2.30 bits per heavy atom. The maximum atomic E-state index is 12.4. The first-order valence-corrected chi connectivity index (χ1v) is 9.91. The van der Waals surface area contributed by atoms with E-state index in [1.165, 1.54) is 5.56 Å². The second-order valence-electron chi connectivity index (χ2n) is 8.26. The minimum Gasteiger partial charge on any atom is -0.449 e. The van der Waals surface area contributed by atoms with E-state index in [0.717, 1.165) is 5.56 Å². The summed E-state index contributed by atoms with van der Waals surface area (Å²) in [6, 6.07) is 16.6. The van der Waals surface area contributed by atoms with Gasteiger partial charge in [-0.15, -0.1) is 0 Å². The minimum absolute atomic E-state index is 0.0410. The molecule has 1 unspecified atom stereocenters. The van der Waals surface area contributed by atoms with E-state index in [1.54, 1.807) is 29.9 Å². The Morgan fingerprint density at radius 2 is 1.73 bits per heavy atom. The Labute approximate surface area is 176 Å². The summed E-state index contributed by atoms with van der Waals surface area (Å²) in [6.45, 7) is 8.57. The third-order valence-electron chi connectivity index (χ3n) is 4.76. The predicted molar refractivity (Wildman–Crippen MR) is 116 cm³/mol. The highest BCUT2D eigenvalue weighted by Crippen LogP contribution is 2.23. The molecule has 0 aliphatic carbocycles. The SMILES string of the molecule is CC(OC(=O)c1ccc(Cn2cccn2)cc1)C(=O)Nc1ccc(C(C)(C)C)cc1. The summed E-state index contributed by atoms with van der Waals surface area (Å²) in [7, 11) is 0. The highest BCUT2D eigenvalue weighted by Gasteiger charge is 2.19. The summed E-state index contributed by atoms with van der Waals surface area (Å²) in [5, 5.41) is 6.94. The van der Waals surface area contributed by atoms with E-state index in [9.17, 15) is 9.59 Å².